The summed E-state index contributed by atoms with van der Waals surface area (Å²) in [4.78, 5) is 11.7. The minimum atomic E-state index is 0.394. The Kier molecular flexibility index (Phi) is 5.08. The molecule has 0 aromatic heterocycles. The van der Waals surface area contributed by atoms with Crippen LogP contribution in [0.2, 0.25) is 0 Å². The normalized spacial score (nSPS) is 10.5. The van der Waals surface area contributed by atoms with E-state index in [2.05, 4.69) is 12.1 Å². The zero-order chi connectivity index (χ0) is 18.7. The van der Waals surface area contributed by atoms with Crippen molar-refractivity contribution in [3.05, 3.63) is 82.4 Å². The first-order chi connectivity index (χ1) is 12.4. The van der Waals surface area contributed by atoms with Crippen molar-refractivity contribution in [1.82, 2.24) is 0 Å². The molecule has 0 saturated carbocycles. The largest absolute Gasteiger partial charge is 0.456 e. The van der Waals surface area contributed by atoms with E-state index >= 15 is 0 Å². The van der Waals surface area contributed by atoms with Crippen LogP contribution in [0, 0.1) is 27.7 Å². The van der Waals surface area contributed by atoms with Crippen molar-refractivity contribution in [2.24, 2.45) is 0 Å². The Labute approximate surface area is 154 Å². The third-order valence-corrected chi connectivity index (χ3v) is 3.99. The molecule has 0 aliphatic heterocycles. The van der Waals surface area contributed by atoms with Gasteiger partial charge in [0.15, 0.2) is 6.29 Å². The lowest BCUT2D eigenvalue weighted by Gasteiger charge is -2.14. The number of benzene rings is 3. The third-order valence-electron chi connectivity index (χ3n) is 3.99. The Bertz CT molecular complexity index is 845. The Morgan fingerprint density at radius 1 is 0.654 bits per heavy atom. The summed E-state index contributed by atoms with van der Waals surface area (Å²) in [5.41, 5.74) is 4.82. The topological polar surface area (TPSA) is 35.5 Å². The lowest BCUT2D eigenvalue weighted by Crippen LogP contribution is -1.96. The first-order valence-electron chi connectivity index (χ1n) is 8.55. The van der Waals surface area contributed by atoms with Crippen LogP contribution < -0.4 is 9.47 Å². The molecule has 0 saturated heterocycles. The standard InChI is InChI=1S/C23H22O3/c1-15-8-16(2)11-19(10-15)25-22-6-5-7-23(21(22)14-24)26-20-12-17(3)9-18(4)13-20/h5-14H,1-4H3. The molecule has 3 nitrogen and oxygen atoms in total. The van der Waals surface area contributed by atoms with Crippen LogP contribution in [-0.4, -0.2) is 6.29 Å². The number of carbonyl (C=O) groups excluding carboxylic acids is 1. The van der Waals surface area contributed by atoms with Gasteiger partial charge in [0.2, 0.25) is 0 Å². The molecule has 0 aliphatic carbocycles. The van der Waals surface area contributed by atoms with Crippen molar-refractivity contribution >= 4 is 6.29 Å². The van der Waals surface area contributed by atoms with E-state index in [0.29, 0.717) is 28.6 Å². The summed E-state index contributed by atoms with van der Waals surface area (Å²) in [5, 5.41) is 0. The van der Waals surface area contributed by atoms with E-state index in [9.17, 15) is 4.79 Å². The van der Waals surface area contributed by atoms with Gasteiger partial charge in [-0.1, -0.05) is 18.2 Å². The van der Waals surface area contributed by atoms with Gasteiger partial charge in [-0.2, -0.15) is 0 Å². The molecule has 26 heavy (non-hydrogen) atoms. The van der Waals surface area contributed by atoms with Gasteiger partial charge in [-0.3, -0.25) is 4.79 Å². The van der Waals surface area contributed by atoms with Gasteiger partial charge in [-0.15, -0.1) is 0 Å². The Balaban J connectivity index is 1.95. The number of ether oxygens (including phenoxy) is 2. The van der Waals surface area contributed by atoms with E-state index in [1.165, 1.54) is 0 Å². The van der Waals surface area contributed by atoms with E-state index in [1.807, 2.05) is 58.0 Å². The summed E-state index contributed by atoms with van der Waals surface area (Å²) in [7, 11) is 0. The molecule has 3 aromatic carbocycles. The van der Waals surface area contributed by atoms with Crippen LogP contribution in [0.1, 0.15) is 32.6 Å². The van der Waals surface area contributed by atoms with E-state index in [0.717, 1.165) is 28.5 Å². The van der Waals surface area contributed by atoms with Crippen LogP contribution in [0.15, 0.2) is 54.6 Å². The highest BCUT2D eigenvalue weighted by molar-refractivity contribution is 5.84. The number of aldehydes is 1. The van der Waals surface area contributed by atoms with Gasteiger partial charge >= 0.3 is 0 Å². The molecule has 0 N–H and O–H groups in total. The number of aryl methyl sites for hydroxylation is 4. The summed E-state index contributed by atoms with van der Waals surface area (Å²) < 4.78 is 12.0. The van der Waals surface area contributed by atoms with Crippen LogP contribution in [0.25, 0.3) is 0 Å². The maximum Gasteiger partial charge on any atom is 0.157 e. The van der Waals surface area contributed by atoms with Crippen LogP contribution >= 0.6 is 0 Å². The second kappa shape index (κ2) is 7.44. The number of rotatable bonds is 5. The maximum absolute atomic E-state index is 11.7. The fourth-order valence-corrected chi connectivity index (χ4v) is 3.06. The zero-order valence-corrected chi connectivity index (χ0v) is 15.5. The predicted octanol–water partition coefficient (Wildman–Crippen LogP) is 6.32. The molecule has 0 unspecified atom stereocenters. The molecular weight excluding hydrogens is 324 g/mol. The summed E-state index contributed by atoms with van der Waals surface area (Å²) in [6, 6.07) is 17.3. The van der Waals surface area contributed by atoms with Gasteiger partial charge < -0.3 is 9.47 Å². The summed E-state index contributed by atoms with van der Waals surface area (Å²) in [6.07, 6.45) is 0.774. The molecule has 0 aliphatic rings. The van der Waals surface area contributed by atoms with Gasteiger partial charge in [0.05, 0.1) is 5.56 Å². The SMILES string of the molecule is Cc1cc(C)cc(Oc2cccc(Oc3cc(C)cc(C)c3)c2C=O)c1. The molecule has 0 amide bonds. The highest BCUT2D eigenvalue weighted by atomic mass is 16.5. The van der Waals surface area contributed by atoms with Crippen molar-refractivity contribution < 1.29 is 14.3 Å². The second-order valence-electron chi connectivity index (χ2n) is 6.64. The van der Waals surface area contributed by atoms with Crippen LogP contribution in [0.3, 0.4) is 0 Å². The summed E-state index contributed by atoms with van der Waals surface area (Å²) in [5.74, 6) is 2.36. The van der Waals surface area contributed by atoms with Gasteiger partial charge in [-0.25, -0.2) is 0 Å². The van der Waals surface area contributed by atoms with Crippen LogP contribution in [0.5, 0.6) is 23.0 Å². The van der Waals surface area contributed by atoms with Gasteiger partial charge in [0.1, 0.15) is 23.0 Å². The van der Waals surface area contributed by atoms with Crippen molar-refractivity contribution in [1.29, 1.82) is 0 Å². The van der Waals surface area contributed by atoms with Crippen molar-refractivity contribution in [3.63, 3.8) is 0 Å². The van der Waals surface area contributed by atoms with Crippen molar-refractivity contribution in [2.45, 2.75) is 27.7 Å². The number of carbonyl (C=O) groups is 1. The second-order valence-corrected chi connectivity index (χ2v) is 6.64. The first kappa shape index (κ1) is 17.7. The summed E-state index contributed by atoms with van der Waals surface area (Å²) in [6.45, 7) is 8.06. The third kappa shape index (κ3) is 4.12. The number of hydrogen-bond acceptors (Lipinski definition) is 3. The predicted molar refractivity (Wildman–Crippen MR) is 104 cm³/mol. The fourth-order valence-electron chi connectivity index (χ4n) is 3.06. The molecule has 3 aromatic rings. The molecule has 0 bridgehead atoms. The molecule has 0 atom stereocenters. The van der Waals surface area contributed by atoms with E-state index in [4.69, 9.17) is 9.47 Å². The van der Waals surface area contributed by atoms with E-state index in [1.54, 1.807) is 12.1 Å². The molecule has 0 radical (unpaired) electrons. The van der Waals surface area contributed by atoms with Gasteiger partial charge in [0, 0.05) is 0 Å². The van der Waals surface area contributed by atoms with Gasteiger partial charge in [0.25, 0.3) is 0 Å². The first-order valence-corrected chi connectivity index (χ1v) is 8.55. The lowest BCUT2D eigenvalue weighted by atomic mass is 10.1. The van der Waals surface area contributed by atoms with E-state index in [-0.39, 0.29) is 0 Å². The van der Waals surface area contributed by atoms with Gasteiger partial charge in [-0.05, 0) is 86.3 Å². The monoisotopic (exact) mass is 346 g/mol. The van der Waals surface area contributed by atoms with E-state index < -0.39 is 0 Å². The maximum atomic E-state index is 11.7. The molecule has 0 heterocycles. The summed E-state index contributed by atoms with van der Waals surface area (Å²) >= 11 is 0. The highest BCUT2D eigenvalue weighted by Crippen LogP contribution is 2.34. The smallest absolute Gasteiger partial charge is 0.157 e. The molecule has 132 valence electrons. The Hall–Kier alpha value is -3.07. The molecule has 0 spiro atoms. The highest BCUT2D eigenvalue weighted by Gasteiger charge is 2.13. The molecule has 0 fully saturated rings. The minimum Gasteiger partial charge on any atom is -0.456 e. The number of hydrogen-bond donors (Lipinski definition) is 0. The Morgan fingerprint density at radius 2 is 1.04 bits per heavy atom. The van der Waals surface area contributed by atoms with Crippen molar-refractivity contribution in [3.8, 4) is 23.0 Å². The molecular formula is C23H22O3. The molecule has 3 heteroatoms. The minimum absolute atomic E-state index is 0.394. The fraction of sp³-hybridized carbons (Fsp3) is 0.174. The average molecular weight is 346 g/mol. The molecule has 3 rings (SSSR count). The van der Waals surface area contributed by atoms with Crippen LogP contribution in [-0.2, 0) is 0 Å². The lowest BCUT2D eigenvalue weighted by molar-refractivity contribution is 0.111. The zero-order valence-electron chi connectivity index (χ0n) is 15.5. The van der Waals surface area contributed by atoms with Crippen LogP contribution in [0.4, 0.5) is 0 Å². The Morgan fingerprint density at radius 3 is 1.38 bits per heavy atom. The average Bonchev–Trinajstić information content (AvgIpc) is 2.53. The quantitative estimate of drug-likeness (QED) is 0.507. The van der Waals surface area contributed by atoms with Crippen molar-refractivity contribution in [2.75, 3.05) is 0 Å².